The first kappa shape index (κ1) is 16.0. The number of hydrogen-bond acceptors (Lipinski definition) is 2. The molecule has 0 radical (unpaired) electrons. The molecule has 1 N–H and O–H groups in total. The average molecular weight is 292 g/mol. The number of carbonyl (C=O) groups excluding carboxylic acids is 1. The molecule has 1 atom stereocenters. The number of amides is 1. The van der Waals surface area contributed by atoms with Crippen molar-refractivity contribution in [2.24, 2.45) is 0 Å². The monoisotopic (exact) mass is 292 g/mol. The van der Waals surface area contributed by atoms with Crippen molar-refractivity contribution < 1.29 is 9.18 Å². The Morgan fingerprint density at radius 3 is 2.33 bits per heavy atom. The maximum Gasteiger partial charge on any atom is 0.237 e. The molecule has 1 aliphatic heterocycles. The van der Waals surface area contributed by atoms with Crippen LogP contribution in [0.3, 0.4) is 0 Å². The summed E-state index contributed by atoms with van der Waals surface area (Å²) in [6, 6.07) is 6.16. The number of nitrogens with zero attached hydrogens (tertiary/aromatic N) is 1. The number of nitrogens with one attached hydrogen (secondary N) is 1. The van der Waals surface area contributed by atoms with Crippen LogP contribution in [0.4, 0.5) is 4.39 Å². The van der Waals surface area contributed by atoms with Crippen LogP contribution in [-0.4, -0.2) is 29.9 Å². The number of carbonyl (C=O) groups is 1. The highest BCUT2D eigenvalue weighted by Gasteiger charge is 2.21. The Kier molecular flexibility index (Phi) is 6.18. The molecule has 0 aromatic heterocycles. The Morgan fingerprint density at radius 2 is 1.71 bits per heavy atom. The fraction of sp³-hybridized carbons (Fsp3) is 0.588. The van der Waals surface area contributed by atoms with E-state index in [9.17, 15) is 9.18 Å². The third-order valence-electron chi connectivity index (χ3n) is 4.20. The van der Waals surface area contributed by atoms with Gasteiger partial charge >= 0.3 is 0 Å². The van der Waals surface area contributed by atoms with Gasteiger partial charge in [0, 0.05) is 6.54 Å². The lowest BCUT2D eigenvalue weighted by Crippen LogP contribution is -2.46. The largest absolute Gasteiger partial charge is 0.351 e. The molecule has 1 saturated heterocycles. The van der Waals surface area contributed by atoms with Gasteiger partial charge in [-0.1, -0.05) is 31.4 Å². The molecule has 1 fully saturated rings. The van der Waals surface area contributed by atoms with Crippen LogP contribution >= 0.6 is 0 Å². The van der Waals surface area contributed by atoms with Crippen LogP contribution in [0.15, 0.2) is 24.3 Å². The number of likely N-dealkylation sites (tertiary alicyclic amines) is 1. The summed E-state index contributed by atoms with van der Waals surface area (Å²) < 4.78 is 12.8. The summed E-state index contributed by atoms with van der Waals surface area (Å²) in [4.78, 5) is 14.5. The van der Waals surface area contributed by atoms with Gasteiger partial charge in [0.15, 0.2) is 0 Å². The Hall–Kier alpha value is -1.42. The molecule has 1 amide bonds. The van der Waals surface area contributed by atoms with Gasteiger partial charge in [-0.15, -0.1) is 0 Å². The zero-order valence-electron chi connectivity index (χ0n) is 12.8. The highest BCUT2D eigenvalue weighted by Crippen LogP contribution is 2.13. The van der Waals surface area contributed by atoms with Gasteiger partial charge in [-0.05, 0) is 50.6 Å². The van der Waals surface area contributed by atoms with E-state index in [0.717, 1.165) is 18.7 Å². The van der Waals surface area contributed by atoms with Crippen LogP contribution in [-0.2, 0) is 11.3 Å². The van der Waals surface area contributed by atoms with Gasteiger partial charge in [-0.3, -0.25) is 9.69 Å². The Morgan fingerprint density at radius 1 is 1.14 bits per heavy atom. The molecule has 3 nitrogen and oxygen atoms in total. The van der Waals surface area contributed by atoms with Gasteiger partial charge in [-0.2, -0.15) is 0 Å². The average Bonchev–Trinajstić information content (AvgIpc) is 2.45. The first-order chi connectivity index (χ1) is 10.2. The molecular formula is C17H25FN2O. The van der Waals surface area contributed by atoms with E-state index in [4.69, 9.17) is 0 Å². The predicted octanol–water partition coefficient (Wildman–Crippen LogP) is 3.10. The van der Waals surface area contributed by atoms with E-state index in [-0.39, 0.29) is 17.8 Å². The maximum atomic E-state index is 12.8. The fourth-order valence-corrected chi connectivity index (χ4v) is 2.76. The van der Waals surface area contributed by atoms with Crippen LogP contribution in [0, 0.1) is 5.82 Å². The van der Waals surface area contributed by atoms with E-state index in [1.165, 1.54) is 44.2 Å². The summed E-state index contributed by atoms with van der Waals surface area (Å²) in [7, 11) is 0. The Labute approximate surface area is 126 Å². The second-order valence-corrected chi connectivity index (χ2v) is 5.82. The van der Waals surface area contributed by atoms with Gasteiger partial charge < -0.3 is 5.32 Å². The molecule has 1 aromatic rings. The predicted molar refractivity (Wildman–Crippen MR) is 82.4 cm³/mol. The summed E-state index contributed by atoms with van der Waals surface area (Å²) in [6.45, 7) is 4.44. The minimum atomic E-state index is -0.251. The quantitative estimate of drug-likeness (QED) is 0.925. The van der Waals surface area contributed by atoms with Gasteiger partial charge in [0.2, 0.25) is 5.91 Å². The summed E-state index contributed by atoms with van der Waals surface area (Å²) in [5.41, 5.74) is 0.921. The molecular weight excluding hydrogens is 267 g/mol. The molecule has 1 aliphatic rings. The van der Waals surface area contributed by atoms with Crippen molar-refractivity contribution >= 4 is 5.91 Å². The molecule has 0 saturated carbocycles. The first-order valence-electron chi connectivity index (χ1n) is 7.93. The van der Waals surface area contributed by atoms with Gasteiger partial charge in [-0.25, -0.2) is 4.39 Å². The Bertz CT molecular complexity index is 439. The highest BCUT2D eigenvalue weighted by molar-refractivity contribution is 5.81. The minimum absolute atomic E-state index is 0.0555. The summed E-state index contributed by atoms with van der Waals surface area (Å²) in [6.07, 6.45) is 6.20. The summed E-state index contributed by atoms with van der Waals surface area (Å²) in [5, 5.41) is 2.95. The molecule has 0 unspecified atom stereocenters. The number of hydrogen-bond donors (Lipinski definition) is 1. The summed E-state index contributed by atoms with van der Waals surface area (Å²) >= 11 is 0. The Balaban J connectivity index is 1.82. The van der Waals surface area contributed by atoms with Crippen molar-refractivity contribution in [3.05, 3.63) is 35.6 Å². The van der Waals surface area contributed by atoms with E-state index in [1.807, 2.05) is 6.92 Å². The number of rotatable bonds is 4. The lowest BCUT2D eigenvalue weighted by atomic mass is 10.1. The van der Waals surface area contributed by atoms with Crippen LogP contribution in [0.2, 0.25) is 0 Å². The van der Waals surface area contributed by atoms with E-state index in [0.29, 0.717) is 6.54 Å². The molecule has 116 valence electrons. The smallest absolute Gasteiger partial charge is 0.237 e. The second kappa shape index (κ2) is 8.13. The molecule has 0 bridgehead atoms. The third-order valence-corrected chi connectivity index (χ3v) is 4.20. The van der Waals surface area contributed by atoms with Crippen molar-refractivity contribution in [3.63, 3.8) is 0 Å². The van der Waals surface area contributed by atoms with Crippen LogP contribution in [0.25, 0.3) is 0 Å². The molecule has 0 spiro atoms. The van der Waals surface area contributed by atoms with Crippen LogP contribution < -0.4 is 5.32 Å². The molecule has 4 heteroatoms. The van der Waals surface area contributed by atoms with Crippen molar-refractivity contribution in [2.75, 3.05) is 13.1 Å². The molecule has 21 heavy (non-hydrogen) atoms. The normalized spacial score (nSPS) is 18.6. The zero-order chi connectivity index (χ0) is 15.1. The topological polar surface area (TPSA) is 32.3 Å². The minimum Gasteiger partial charge on any atom is -0.351 e. The molecule has 0 aliphatic carbocycles. The lowest BCUT2D eigenvalue weighted by molar-refractivity contribution is -0.126. The van der Waals surface area contributed by atoms with Gasteiger partial charge in [0.05, 0.1) is 6.04 Å². The van der Waals surface area contributed by atoms with Crippen molar-refractivity contribution in [1.82, 2.24) is 10.2 Å². The highest BCUT2D eigenvalue weighted by atomic mass is 19.1. The number of halogens is 1. The van der Waals surface area contributed by atoms with Gasteiger partial charge in [0.1, 0.15) is 5.82 Å². The third kappa shape index (κ3) is 5.12. The van der Waals surface area contributed by atoms with E-state index < -0.39 is 0 Å². The standard InChI is InChI=1S/C17H25FN2O/c1-14(20-11-5-3-2-4-6-12-20)17(21)19-13-15-7-9-16(18)10-8-15/h7-10,14H,2-6,11-13H2,1H3,(H,19,21)/t14-/m1/s1. The van der Waals surface area contributed by atoms with Crippen molar-refractivity contribution in [3.8, 4) is 0 Å². The lowest BCUT2D eigenvalue weighted by Gasteiger charge is -2.29. The van der Waals surface area contributed by atoms with Crippen molar-refractivity contribution in [1.29, 1.82) is 0 Å². The first-order valence-corrected chi connectivity index (χ1v) is 7.93. The zero-order valence-corrected chi connectivity index (χ0v) is 12.8. The fourth-order valence-electron chi connectivity index (χ4n) is 2.76. The SMILES string of the molecule is C[C@H](C(=O)NCc1ccc(F)cc1)N1CCCCCCC1. The van der Waals surface area contributed by atoms with Gasteiger partial charge in [0.25, 0.3) is 0 Å². The maximum absolute atomic E-state index is 12.8. The van der Waals surface area contributed by atoms with Crippen LogP contribution in [0.5, 0.6) is 0 Å². The number of benzene rings is 1. The van der Waals surface area contributed by atoms with Crippen molar-refractivity contribution in [2.45, 2.75) is 51.6 Å². The van der Waals surface area contributed by atoms with E-state index in [2.05, 4.69) is 10.2 Å². The van der Waals surface area contributed by atoms with E-state index >= 15 is 0 Å². The van der Waals surface area contributed by atoms with Crippen LogP contribution in [0.1, 0.15) is 44.6 Å². The summed E-state index contributed by atoms with van der Waals surface area (Å²) in [5.74, 6) is -0.195. The molecule has 1 aromatic carbocycles. The second-order valence-electron chi connectivity index (χ2n) is 5.82. The molecule has 1 heterocycles. The van der Waals surface area contributed by atoms with E-state index in [1.54, 1.807) is 12.1 Å². The molecule has 2 rings (SSSR count).